The summed E-state index contributed by atoms with van der Waals surface area (Å²) >= 11 is 0. The summed E-state index contributed by atoms with van der Waals surface area (Å²) in [6.07, 6.45) is 4.51. The van der Waals surface area contributed by atoms with Crippen molar-refractivity contribution in [3.63, 3.8) is 0 Å². The number of hydrogen-bond donors (Lipinski definition) is 0. The van der Waals surface area contributed by atoms with Crippen molar-refractivity contribution in [1.82, 2.24) is 4.90 Å². The van der Waals surface area contributed by atoms with E-state index in [2.05, 4.69) is 11.8 Å². The molecule has 0 aromatic heterocycles. The number of nitrogens with zero attached hydrogens (tertiary/aromatic N) is 1. The minimum Gasteiger partial charge on any atom is -0.299 e. The Morgan fingerprint density at radius 1 is 1.56 bits per heavy atom. The maximum Gasteiger partial charge on any atom is 0.0187 e. The lowest BCUT2D eigenvalue weighted by atomic mass is 10.4. The molecule has 0 saturated carbocycles. The zero-order chi connectivity index (χ0) is 6.27. The van der Waals surface area contributed by atoms with Crippen LogP contribution in [-0.4, -0.2) is 36.1 Å². The fraction of sp³-hybridized carbons (Fsp3) is 1.00. The van der Waals surface area contributed by atoms with Crippen molar-refractivity contribution >= 4 is 7.92 Å². The van der Waals surface area contributed by atoms with Gasteiger partial charge in [-0.1, -0.05) is 14.8 Å². The molecule has 2 aliphatic rings. The van der Waals surface area contributed by atoms with Crippen LogP contribution in [0.4, 0.5) is 0 Å². The molecular weight excluding hydrogens is 129 g/mol. The monoisotopic (exact) mass is 143 g/mol. The predicted octanol–water partition coefficient (Wildman–Crippen LogP) is 1.53. The molecule has 2 fully saturated rings. The molecule has 0 aromatic rings. The van der Waals surface area contributed by atoms with Crippen LogP contribution < -0.4 is 0 Å². The minimum atomic E-state index is 0.469. The van der Waals surface area contributed by atoms with Crippen LogP contribution in [0.5, 0.6) is 0 Å². The summed E-state index contributed by atoms with van der Waals surface area (Å²) < 4.78 is 0. The molecule has 2 aliphatic heterocycles. The highest BCUT2D eigenvalue weighted by Gasteiger charge is 2.31. The van der Waals surface area contributed by atoms with Gasteiger partial charge < -0.3 is 0 Å². The lowest BCUT2D eigenvalue weighted by molar-refractivity contribution is 0.340. The summed E-state index contributed by atoms with van der Waals surface area (Å²) in [7, 11) is 0.469. The zero-order valence-corrected chi connectivity index (χ0v) is 6.90. The Hall–Kier alpha value is 0.390. The number of fused-ring (bicyclic) bond motifs is 2. The Bertz CT molecular complexity index is 113. The van der Waals surface area contributed by atoms with Crippen LogP contribution in [0.3, 0.4) is 0 Å². The average Bonchev–Trinajstić information content (AvgIpc) is 2.09. The summed E-state index contributed by atoms with van der Waals surface area (Å²) in [5, 5.41) is 0. The molecule has 0 spiro atoms. The highest BCUT2D eigenvalue weighted by molar-refractivity contribution is 7.58. The van der Waals surface area contributed by atoms with Crippen LogP contribution in [0.15, 0.2) is 0 Å². The van der Waals surface area contributed by atoms with E-state index in [9.17, 15) is 0 Å². The van der Waals surface area contributed by atoms with Gasteiger partial charge in [-0.15, -0.1) is 0 Å². The summed E-state index contributed by atoms with van der Waals surface area (Å²) in [5.74, 6) is 0. The van der Waals surface area contributed by atoms with E-state index in [4.69, 9.17) is 0 Å². The molecule has 2 heterocycles. The Labute approximate surface area is 58.2 Å². The molecule has 2 rings (SSSR count). The zero-order valence-electron chi connectivity index (χ0n) is 6.01. The first-order valence-electron chi connectivity index (χ1n) is 3.82. The Balaban J connectivity index is 2.07. The molecule has 2 saturated heterocycles. The van der Waals surface area contributed by atoms with Gasteiger partial charge in [-0.3, -0.25) is 4.90 Å². The van der Waals surface area contributed by atoms with Gasteiger partial charge in [-0.05, 0) is 24.8 Å². The molecule has 0 aromatic carbocycles. The first kappa shape index (κ1) is 6.12. The maximum atomic E-state index is 2.64. The van der Waals surface area contributed by atoms with Crippen molar-refractivity contribution in [3.05, 3.63) is 0 Å². The van der Waals surface area contributed by atoms with Crippen molar-refractivity contribution in [1.29, 1.82) is 0 Å². The van der Waals surface area contributed by atoms with Gasteiger partial charge in [0.25, 0.3) is 0 Å². The van der Waals surface area contributed by atoms with Crippen molar-refractivity contribution in [2.75, 3.05) is 25.5 Å². The van der Waals surface area contributed by atoms with Crippen LogP contribution >= 0.6 is 7.92 Å². The molecule has 0 aliphatic carbocycles. The van der Waals surface area contributed by atoms with Crippen LogP contribution in [0.2, 0.25) is 0 Å². The molecule has 3 atom stereocenters. The predicted molar refractivity (Wildman–Crippen MR) is 42.3 cm³/mol. The van der Waals surface area contributed by atoms with Gasteiger partial charge in [0.2, 0.25) is 0 Å². The van der Waals surface area contributed by atoms with Crippen LogP contribution in [0.1, 0.15) is 13.3 Å². The molecule has 9 heavy (non-hydrogen) atoms. The third kappa shape index (κ3) is 1.01. The van der Waals surface area contributed by atoms with E-state index >= 15 is 0 Å². The van der Waals surface area contributed by atoms with E-state index in [1.165, 1.54) is 25.8 Å². The molecule has 2 heteroatoms. The third-order valence-corrected chi connectivity index (χ3v) is 5.51. The first-order valence-corrected chi connectivity index (χ1v) is 5.61. The molecule has 52 valence electrons. The van der Waals surface area contributed by atoms with Crippen molar-refractivity contribution in [2.45, 2.75) is 19.0 Å². The SMILES string of the molecule is C[C@@H]1CN2CCC[P@]1C2. The van der Waals surface area contributed by atoms with E-state index in [1.54, 1.807) is 6.16 Å². The normalized spacial score (nSPS) is 49.7. The highest BCUT2D eigenvalue weighted by Crippen LogP contribution is 2.50. The fourth-order valence-corrected chi connectivity index (χ4v) is 4.53. The molecule has 1 unspecified atom stereocenters. The van der Waals surface area contributed by atoms with Crippen molar-refractivity contribution < 1.29 is 0 Å². The van der Waals surface area contributed by atoms with E-state index in [-0.39, 0.29) is 0 Å². The van der Waals surface area contributed by atoms with Gasteiger partial charge in [0.05, 0.1) is 0 Å². The molecule has 0 radical (unpaired) electrons. The van der Waals surface area contributed by atoms with E-state index < -0.39 is 0 Å². The summed E-state index contributed by atoms with van der Waals surface area (Å²) in [6, 6.07) is 0. The number of hydrogen-bond acceptors (Lipinski definition) is 1. The van der Waals surface area contributed by atoms with Crippen LogP contribution in [0.25, 0.3) is 0 Å². The second-order valence-corrected chi connectivity index (χ2v) is 6.02. The lowest BCUT2D eigenvalue weighted by Crippen LogP contribution is -2.23. The summed E-state index contributed by atoms with van der Waals surface area (Å²) in [5.41, 5.74) is 1.06. The van der Waals surface area contributed by atoms with Crippen LogP contribution in [-0.2, 0) is 0 Å². The number of rotatable bonds is 0. The molecule has 2 bridgehead atoms. The second kappa shape index (κ2) is 2.21. The molecule has 0 amide bonds. The quantitative estimate of drug-likeness (QED) is 0.465. The van der Waals surface area contributed by atoms with Crippen LogP contribution in [0, 0.1) is 0 Å². The van der Waals surface area contributed by atoms with Gasteiger partial charge >= 0.3 is 0 Å². The standard InChI is InChI=1S/C7H14NP/c1-7-5-8-3-2-4-9(7)6-8/h7H,2-6H2,1H3/t7-,9-/m1/s1. The average molecular weight is 143 g/mol. The first-order chi connectivity index (χ1) is 4.36. The Kier molecular flexibility index (Phi) is 1.51. The summed E-state index contributed by atoms with van der Waals surface area (Å²) in [6.45, 7) is 5.23. The summed E-state index contributed by atoms with van der Waals surface area (Å²) in [4.78, 5) is 2.64. The fourth-order valence-electron chi connectivity index (χ4n) is 1.89. The van der Waals surface area contributed by atoms with Crippen molar-refractivity contribution in [3.8, 4) is 0 Å². The van der Waals surface area contributed by atoms with E-state index in [1.807, 2.05) is 0 Å². The lowest BCUT2D eigenvalue weighted by Gasteiger charge is -2.21. The third-order valence-electron chi connectivity index (χ3n) is 2.45. The maximum absolute atomic E-state index is 2.64. The van der Waals surface area contributed by atoms with E-state index in [0.29, 0.717) is 7.92 Å². The van der Waals surface area contributed by atoms with Gasteiger partial charge in [0.15, 0.2) is 0 Å². The molecular formula is C7H14NP. The molecule has 0 N–H and O–H groups in total. The van der Waals surface area contributed by atoms with E-state index in [0.717, 1.165) is 5.66 Å². The van der Waals surface area contributed by atoms with Gasteiger partial charge in [0, 0.05) is 12.8 Å². The Morgan fingerprint density at radius 2 is 2.44 bits per heavy atom. The second-order valence-electron chi connectivity index (χ2n) is 3.23. The Morgan fingerprint density at radius 3 is 3.11 bits per heavy atom. The van der Waals surface area contributed by atoms with Crippen molar-refractivity contribution in [2.24, 2.45) is 0 Å². The van der Waals surface area contributed by atoms with Gasteiger partial charge in [0.1, 0.15) is 0 Å². The smallest absolute Gasteiger partial charge is 0.0187 e. The minimum absolute atomic E-state index is 0.469. The largest absolute Gasteiger partial charge is 0.299 e. The topological polar surface area (TPSA) is 3.24 Å². The van der Waals surface area contributed by atoms with Gasteiger partial charge in [-0.25, -0.2) is 0 Å². The molecule has 1 nitrogen and oxygen atoms in total. The highest BCUT2D eigenvalue weighted by atomic mass is 31.1. The van der Waals surface area contributed by atoms with Gasteiger partial charge in [-0.2, -0.15) is 0 Å².